The lowest BCUT2D eigenvalue weighted by molar-refractivity contribution is 0.0551. The number of nitrogens with zero attached hydrogens (tertiary/aromatic N) is 3. The van der Waals surface area contributed by atoms with Crippen LogP contribution >= 0.6 is 0 Å². The second-order valence-corrected chi connectivity index (χ2v) is 7.75. The van der Waals surface area contributed by atoms with Gasteiger partial charge in [-0.15, -0.1) is 0 Å². The number of hydrogen-bond donors (Lipinski definition) is 1. The highest BCUT2D eigenvalue weighted by Crippen LogP contribution is 2.31. The molecule has 1 N–H and O–H groups in total. The molecule has 3 heterocycles. The molecule has 1 unspecified atom stereocenters. The fourth-order valence-electron chi connectivity index (χ4n) is 3.17. The molecule has 2 aromatic rings. The lowest BCUT2D eigenvalue weighted by Crippen LogP contribution is -2.37. The predicted octanol–water partition coefficient (Wildman–Crippen LogP) is 1.47. The van der Waals surface area contributed by atoms with E-state index in [0.717, 1.165) is 12.8 Å². The Bertz CT molecular complexity index is 786. The third-order valence-electron chi connectivity index (χ3n) is 4.39. The first-order valence-electron chi connectivity index (χ1n) is 7.90. The summed E-state index contributed by atoms with van der Waals surface area (Å²) in [7, 11) is -1.91. The van der Waals surface area contributed by atoms with Crippen molar-refractivity contribution in [3.8, 4) is 0 Å². The van der Waals surface area contributed by atoms with E-state index in [1.807, 2.05) is 17.8 Å². The van der Waals surface area contributed by atoms with Gasteiger partial charge in [0.05, 0.1) is 6.04 Å². The zero-order chi connectivity index (χ0) is 17.3. The molecule has 0 saturated carbocycles. The summed E-state index contributed by atoms with van der Waals surface area (Å²) in [5, 5.41) is 3.75. The third-order valence-corrected chi connectivity index (χ3v) is 6.08. The van der Waals surface area contributed by atoms with Gasteiger partial charge in [-0.05, 0) is 32.6 Å². The van der Waals surface area contributed by atoms with Crippen molar-refractivity contribution in [1.29, 1.82) is 0 Å². The van der Waals surface area contributed by atoms with Crippen LogP contribution in [-0.4, -0.2) is 36.3 Å². The zero-order valence-corrected chi connectivity index (χ0v) is 14.8. The first kappa shape index (κ1) is 17.1. The normalized spacial score (nSPS) is 18.0. The van der Waals surface area contributed by atoms with Crippen LogP contribution in [0.1, 0.15) is 36.2 Å². The monoisotopic (exact) mass is 354 g/mol. The molecule has 132 valence electrons. The fourth-order valence-corrected chi connectivity index (χ4v) is 4.76. The highest BCUT2D eigenvalue weighted by molar-refractivity contribution is 7.89. The number of rotatable bonds is 5. The number of aromatic nitrogens is 3. The average Bonchev–Trinajstić information content (AvgIpc) is 3.12. The Kier molecular flexibility index (Phi) is 4.75. The standard InChI is InChI=1S/C15H22N4O4S/c1-10-14(11(2)23-17-10)24(20,21)18-13(12-4-8-22-9-5-12)15-16-6-7-19(15)3/h6-7,12-13,18H,4-5,8-9H2,1-3H3. The smallest absolute Gasteiger partial charge is 0.246 e. The van der Waals surface area contributed by atoms with Crippen molar-refractivity contribution in [3.05, 3.63) is 29.7 Å². The maximum absolute atomic E-state index is 12.9. The van der Waals surface area contributed by atoms with Crippen LogP contribution in [0, 0.1) is 19.8 Å². The number of sulfonamides is 1. The Morgan fingerprint density at radius 1 is 1.33 bits per heavy atom. The van der Waals surface area contributed by atoms with Crippen LogP contribution in [0.4, 0.5) is 0 Å². The molecule has 1 atom stereocenters. The summed E-state index contributed by atoms with van der Waals surface area (Å²) < 4.78 is 40.9. The summed E-state index contributed by atoms with van der Waals surface area (Å²) in [5.74, 6) is 1.10. The molecule has 0 radical (unpaired) electrons. The Labute approximate surface area is 141 Å². The summed E-state index contributed by atoms with van der Waals surface area (Å²) in [4.78, 5) is 4.46. The Balaban J connectivity index is 1.96. The van der Waals surface area contributed by atoms with Crippen molar-refractivity contribution < 1.29 is 17.7 Å². The molecular weight excluding hydrogens is 332 g/mol. The van der Waals surface area contributed by atoms with Gasteiger partial charge in [-0.3, -0.25) is 0 Å². The molecule has 0 aliphatic carbocycles. The van der Waals surface area contributed by atoms with Crippen molar-refractivity contribution in [3.63, 3.8) is 0 Å². The van der Waals surface area contributed by atoms with Gasteiger partial charge in [0.2, 0.25) is 10.0 Å². The molecule has 0 amide bonds. The molecule has 1 saturated heterocycles. The maximum Gasteiger partial charge on any atom is 0.246 e. The van der Waals surface area contributed by atoms with Crippen molar-refractivity contribution >= 4 is 10.0 Å². The van der Waals surface area contributed by atoms with Crippen LogP contribution in [0.3, 0.4) is 0 Å². The SMILES string of the molecule is Cc1noc(C)c1S(=O)(=O)NC(c1nccn1C)C1CCOCC1. The molecule has 24 heavy (non-hydrogen) atoms. The highest BCUT2D eigenvalue weighted by atomic mass is 32.2. The summed E-state index contributed by atoms with van der Waals surface area (Å²) in [6, 6.07) is -0.424. The van der Waals surface area contributed by atoms with Gasteiger partial charge in [0.1, 0.15) is 16.4 Å². The minimum atomic E-state index is -3.77. The minimum Gasteiger partial charge on any atom is -0.381 e. The van der Waals surface area contributed by atoms with Gasteiger partial charge in [-0.1, -0.05) is 5.16 Å². The van der Waals surface area contributed by atoms with E-state index >= 15 is 0 Å². The van der Waals surface area contributed by atoms with Crippen molar-refractivity contribution in [2.24, 2.45) is 13.0 Å². The second kappa shape index (κ2) is 6.66. The lowest BCUT2D eigenvalue weighted by atomic mass is 9.92. The lowest BCUT2D eigenvalue weighted by Gasteiger charge is -2.30. The van der Waals surface area contributed by atoms with Gasteiger partial charge in [0, 0.05) is 32.7 Å². The van der Waals surface area contributed by atoms with E-state index in [1.165, 1.54) is 0 Å². The van der Waals surface area contributed by atoms with Crippen LogP contribution in [0.25, 0.3) is 0 Å². The number of ether oxygens (including phenoxy) is 1. The summed E-state index contributed by atoms with van der Waals surface area (Å²) in [6.07, 6.45) is 5.04. The first-order chi connectivity index (χ1) is 11.4. The molecule has 0 spiro atoms. The van der Waals surface area contributed by atoms with Crippen molar-refractivity contribution in [2.75, 3.05) is 13.2 Å². The molecule has 3 rings (SSSR count). The molecule has 9 heteroatoms. The second-order valence-electron chi connectivity index (χ2n) is 6.10. The molecule has 1 aliphatic rings. The van der Waals surface area contributed by atoms with Crippen LogP contribution in [0.2, 0.25) is 0 Å². The number of aryl methyl sites for hydroxylation is 3. The summed E-state index contributed by atoms with van der Waals surface area (Å²) in [5.41, 5.74) is 0.352. The predicted molar refractivity (Wildman–Crippen MR) is 85.8 cm³/mol. The third kappa shape index (κ3) is 3.24. The van der Waals surface area contributed by atoms with E-state index < -0.39 is 16.1 Å². The molecule has 0 aromatic carbocycles. The fraction of sp³-hybridized carbons (Fsp3) is 0.600. The Hall–Kier alpha value is -1.71. The molecule has 8 nitrogen and oxygen atoms in total. The van der Waals surface area contributed by atoms with E-state index in [9.17, 15) is 8.42 Å². The molecule has 1 aliphatic heterocycles. The van der Waals surface area contributed by atoms with Crippen LogP contribution in [-0.2, 0) is 21.8 Å². The molecule has 0 bridgehead atoms. The van der Waals surface area contributed by atoms with E-state index in [0.29, 0.717) is 24.7 Å². The number of imidazole rings is 1. The van der Waals surface area contributed by atoms with Gasteiger partial charge in [-0.2, -0.15) is 0 Å². The van der Waals surface area contributed by atoms with E-state index in [4.69, 9.17) is 9.26 Å². The molecular formula is C15H22N4O4S. The highest BCUT2D eigenvalue weighted by Gasteiger charge is 2.34. The first-order valence-corrected chi connectivity index (χ1v) is 9.38. The largest absolute Gasteiger partial charge is 0.381 e. The average molecular weight is 354 g/mol. The van der Waals surface area contributed by atoms with E-state index in [1.54, 1.807) is 20.0 Å². The van der Waals surface area contributed by atoms with Crippen LogP contribution < -0.4 is 4.72 Å². The van der Waals surface area contributed by atoms with Gasteiger partial charge in [0.25, 0.3) is 0 Å². The zero-order valence-electron chi connectivity index (χ0n) is 14.0. The van der Waals surface area contributed by atoms with Gasteiger partial charge >= 0.3 is 0 Å². The summed E-state index contributed by atoms with van der Waals surface area (Å²) >= 11 is 0. The Morgan fingerprint density at radius 2 is 2.04 bits per heavy atom. The van der Waals surface area contributed by atoms with Gasteiger partial charge in [0.15, 0.2) is 5.76 Å². The Morgan fingerprint density at radius 3 is 2.58 bits per heavy atom. The van der Waals surface area contributed by atoms with E-state index in [-0.39, 0.29) is 16.6 Å². The van der Waals surface area contributed by atoms with Crippen molar-refractivity contribution in [2.45, 2.75) is 37.6 Å². The topological polar surface area (TPSA) is 99.3 Å². The number of hydrogen-bond acceptors (Lipinski definition) is 6. The van der Waals surface area contributed by atoms with Crippen LogP contribution in [0.15, 0.2) is 21.8 Å². The van der Waals surface area contributed by atoms with E-state index in [2.05, 4.69) is 14.9 Å². The molecule has 1 fully saturated rings. The van der Waals surface area contributed by atoms with Gasteiger partial charge in [-0.25, -0.2) is 18.1 Å². The summed E-state index contributed by atoms with van der Waals surface area (Å²) in [6.45, 7) is 4.46. The van der Waals surface area contributed by atoms with Gasteiger partial charge < -0.3 is 13.8 Å². The molecule has 2 aromatic heterocycles. The maximum atomic E-state index is 12.9. The van der Waals surface area contributed by atoms with Crippen molar-refractivity contribution in [1.82, 2.24) is 19.4 Å². The minimum absolute atomic E-state index is 0.105. The quantitative estimate of drug-likeness (QED) is 0.873. The number of nitrogens with one attached hydrogen (secondary N) is 1. The van der Waals surface area contributed by atoms with Crippen LogP contribution in [0.5, 0.6) is 0 Å².